The molecule has 1 aliphatic heterocycles. The van der Waals surface area contributed by atoms with Crippen LogP contribution in [0.2, 0.25) is 0 Å². The molecular weight excluding hydrogens is 733 g/mol. The number of fused-ring (bicyclic) bond motifs is 4. The van der Waals surface area contributed by atoms with Crippen LogP contribution in [0.25, 0.3) is 38.8 Å². The predicted molar refractivity (Wildman–Crippen MR) is 253 cm³/mol. The Kier molecular flexibility index (Phi) is 8.57. The van der Waals surface area contributed by atoms with Crippen LogP contribution >= 0.6 is 0 Å². The lowest BCUT2D eigenvalue weighted by atomic mass is 9.80. The first kappa shape index (κ1) is 35.6. The molecule has 2 aromatic heterocycles. The lowest BCUT2D eigenvalue weighted by Gasteiger charge is -2.29. The molecule has 0 amide bonds. The fourth-order valence-corrected chi connectivity index (χ4v) is 8.35. The fourth-order valence-electron chi connectivity index (χ4n) is 8.35. The second kappa shape index (κ2) is 14.4. The quantitative estimate of drug-likeness (QED) is 0.168. The molecule has 0 N–H and O–H groups in total. The smallest absolute Gasteiger partial charge is 0.137 e. The molecule has 0 unspecified atom stereocenters. The number of aryl methyl sites for hydroxylation is 1. The summed E-state index contributed by atoms with van der Waals surface area (Å²) in [5, 5.41) is 2.06. The van der Waals surface area contributed by atoms with Crippen LogP contribution in [0.15, 0.2) is 146 Å². The summed E-state index contributed by atoms with van der Waals surface area (Å²) in [7, 11) is 0. The summed E-state index contributed by atoms with van der Waals surface area (Å²) in [5.74, 6) is 1.90. The Balaban J connectivity index is 1.08. The largest absolute Gasteiger partial charge is 0.457 e. The van der Waals surface area contributed by atoms with Gasteiger partial charge in [0.05, 0.1) is 22.4 Å². The Morgan fingerprint density at radius 2 is 1.17 bits per heavy atom. The molecule has 5 heteroatoms. The maximum absolute atomic E-state index is 8.65. The van der Waals surface area contributed by atoms with Crippen LogP contribution in [-0.4, -0.2) is 16.2 Å². The van der Waals surface area contributed by atoms with Gasteiger partial charge in [-0.05, 0) is 112 Å². The van der Waals surface area contributed by atoms with Crippen LogP contribution in [0.4, 0.5) is 22.7 Å². The van der Waals surface area contributed by atoms with E-state index in [9.17, 15) is 0 Å². The number of aromatic nitrogens is 2. The molecule has 0 spiro atoms. The first-order valence-corrected chi connectivity index (χ1v) is 21.0. The zero-order valence-electron chi connectivity index (χ0n) is 39.3. The molecule has 0 bridgehead atoms. The summed E-state index contributed by atoms with van der Waals surface area (Å²) in [6, 6.07) is 48.1. The van der Waals surface area contributed by atoms with Crippen molar-refractivity contribution in [1.82, 2.24) is 9.55 Å². The number of nitrogens with zero attached hydrogens (tertiary/aromatic N) is 4. The van der Waals surface area contributed by atoms with Crippen LogP contribution in [-0.2, 0) is 16.2 Å². The average Bonchev–Trinajstić information content (AvgIpc) is 3.78. The Hall–Kier alpha value is -6.33. The Bertz CT molecular complexity index is 3000. The molecular formula is C55H56N4O. The number of ether oxygens (including phenoxy) is 1. The summed E-state index contributed by atoms with van der Waals surface area (Å²) in [4.78, 5) is 9.74. The van der Waals surface area contributed by atoms with Crippen molar-refractivity contribution in [3.05, 3.63) is 168 Å². The van der Waals surface area contributed by atoms with Crippen molar-refractivity contribution in [2.24, 2.45) is 0 Å². The first-order chi connectivity index (χ1) is 29.7. The third kappa shape index (κ3) is 7.21. The van der Waals surface area contributed by atoms with Gasteiger partial charge in [-0.3, -0.25) is 4.57 Å². The highest BCUT2D eigenvalue weighted by Crippen LogP contribution is 2.46. The lowest BCUT2D eigenvalue weighted by Crippen LogP contribution is -2.25. The van der Waals surface area contributed by atoms with Crippen LogP contribution in [0.1, 0.15) is 88.7 Å². The Morgan fingerprint density at radius 3 is 1.87 bits per heavy atom. The van der Waals surface area contributed by atoms with E-state index in [1.165, 1.54) is 16.8 Å². The first-order valence-electron chi connectivity index (χ1n) is 22.5. The fraction of sp³-hybridized carbons (Fsp3) is 0.255. The number of hydrogen-bond acceptors (Lipinski definition) is 4. The van der Waals surface area contributed by atoms with Crippen molar-refractivity contribution in [3.63, 3.8) is 0 Å². The number of anilines is 4. The van der Waals surface area contributed by atoms with Crippen molar-refractivity contribution in [1.29, 1.82) is 0 Å². The highest BCUT2D eigenvalue weighted by atomic mass is 16.5. The highest BCUT2D eigenvalue weighted by molar-refractivity contribution is 6.09. The molecule has 1 aliphatic rings. The van der Waals surface area contributed by atoms with E-state index in [2.05, 4.69) is 157 Å². The summed E-state index contributed by atoms with van der Waals surface area (Å²) >= 11 is 0. The van der Waals surface area contributed by atoms with Gasteiger partial charge in [0, 0.05) is 50.2 Å². The predicted octanol–water partition coefficient (Wildman–Crippen LogP) is 15.1. The van der Waals surface area contributed by atoms with E-state index in [1.54, 1.807) is 12.3 Å². The standard InChI is InChI=1S/C55H56N4O/c1-36-27-52(56-34-47(36)37-17-15-18-38(28-37)53(2,3)4)59-48-22-12-11-21-45(48)46-26-25-44(33-51(46)59)60-43-20-16-19-41(32-43)57-35-58(50-24-14-13-23-49(50)57)42-30-39(54(5,6)7)29-40(31-42)55(8,9)10/h11-34H,35H2,1-10H3/i1D3. The van der Waals surface area contributed by atoms with Gasteiger partial charge in [-0.15, -0.1) is 0 Å². The van der Waals surface area contributed by atoms with Crippen molar-refractivity contribution in [3.8, 4) is 28.4 Å². The lowest BCUT2D eigenvalue weighted by molar-refractivity contribution is 0.483. The zero-order chi connectivity index (χ0) is 44.6. The molecule has 0 aliphatic carbocycles. The van der Waals surface area contributed by atoms with Crippen molar-refractivity contribution >= 4 is 44.6 Å². The van der Waals surface area contributed by atoms with Gasteiger partial charge in [0.2, 0.25) is 0 Å². The molecule has 9 rings (SSSR count). The van der Waals surface area contributed by atoms with Crippen molar-refractivity contribution in [2.45, 2.75) is 85.4 Å². The Labute approximate surface area is 360 Å². The molecule has 0 saturated heterocycles. The van der Waals surface area contributed by atoms with E-state index in [1.807, 2.05) is 53.1 Å². The van der Waals surface area contributed by atoms with Crippen LogP contribution in [0, 0.1) is 6.85 Å². The molecule has 0 fully saturated rings. The monoisotopic (exact) mass is 791 g/mol. The van der Waals surface area contributed by atoms with Gasteiger partial charge in [-0.1, -0.05) is 129 Å². The Morgan fingerprint density at radius 1 is 0.533 bits per heavy atom. The molecule has 302 valence electrons. The van der Waals surface area contributed by atoms with E-state index in [0.717, 1.165) is 50.0 Å². The van der Waals surface area contributed by atoms with Crippen molar-refractivity contribution in [2.75, 3.05) is 16.5 Å². The zero-order valence-corrected chi connectivity index (χ0v) is 36.3. The van der Waals surface area contributed by atoms with Gasteiger partial charge in [0.15, 0.2) is 0 Å². The average molecular weight is 792 g/mol. The van der Waals surface area contributed by atoms with Gasteiger partial charge >= 0.3 is 0 Å². The number of hydrogen-bond donors (Lipinski definition) is 0. The van der Waals surface area contributed by atoms with Crippen LogP contribution < -0.4 is 14.5 Å². The minimum Gasteiger partial charge on any atom is -0.457 e. The molecule has 5 nitrogen and oxygen atoms in total. The molecule has 0 radical (unpaired) electrons. The minimum atomic E-state index is -2.37. The molecule has 8 aromatic rings. The summed E-state index contributed by atoms with van der Waals surface area (Å²) in [6.07, 6.45) is 1.72. The van der Waals surface area contributed by atoms with E-state index >= 15 is 0 Å². The van der Waals surface area contributed by atoms with E-state index in [4.69, 9.17) is 13.8 Å². The SMILES string of the molecule is [2H]C([2H])([2H])c1cc(-n2c3ccccc3c3ccc(Oc4cccc(N5CN(c6cc(C(C)(C)C)cc(C(C)(C)C)c6)c6ccccc65)c4)cc32)ncc1-c1cccc(C(C)(C)C)c1. The molecule has 0 saturated carbocycles. The summed E-state index contributed by atoms with van der Waals surface area (Å²) < 4.78 is 34.7. The maximum Gasteiger partial charge on any atom is 0.137 e. The van der Waals surface area contributed by atoms with Gasteiger partial charge in [0.1, 0.15) is 24.0 Å². The van der Waals surface area contributed by atoms with E-state index in [-0.39, 0.29) is 21.8 Å². The topological polar surface area (TPSA) is 33.5 Å². The number of rotatable bonds is 6. The third-order valence-corrected chi connectivity index (χ3v) is 11.9. The van der Waals surface area contributed by atoms with Gasteiger partial charge in [-0.2, -0.15) is 0 Å². The third-order valence-electron chi connectivity index (χ3n) is 11.9. The second-order valence-electron chi connectivity index (χ2n) is 19.3. The van der Waals surface area contributed by atoms with Gasteiger partial charge in [-0.25, -0.2) is 4.98 Å². The van der Waals surface area contributed by atoms with Gasteiger partial charge in [0.25, 0.3) is 0 Å². The number of benzene rings is 6. The van der Waals surface area contributed by atoms with Gasteiger partial charge < -0.3 is 14.5 Å². The van der Waals surface area contributed by atoms with E-state index < -0.39 is 6.85 Å². The molecule has 60 heavy (non-hydrogen) atoms. The summed E-state index contributed by atoms with van der Waals surface area (Å²) in [5.41, 5.74) is 11.7. The molecule has 0 atom stereocenters. The highest BCUT2D eigenvalue weighted by Gasteiger charge is 2.30. The maximum atomic E-state index is 8.65. The number of pyridine rings is 1. The van der Waals surface area contributed by atoms with Crippen LogP contribution in [0.3, 0.4) is 0 Å². The number of para-hydroxylation sites is 3. The second-order valence-corrected chi connectivity index (χ2v) is 19.3. The van der Waals surface area contributed by atoms with Crippen LogP contribution in [0.5, 0.6) is 11.5 Å². The normalized spacial score (nSPS) is 14.3. The van der Waals surface area contributed by atoms with Crippen molar-refractivity contribution < 1.29 is 8.85 Å². The summed E-state index contributed by atoms with van der Waals surface area (Å²) in [6.45, 7) is 18.4. The minimum absolute atomic E-state index is 0.00105. The van der Waals surface area contributed by atoms with E-state index in [0.29, 0.717) is 29.5 Å². The molecule has 6 aromatic carbocycles. The molecule has 3 heterocycles.